The molecule has 2 N–H and O–H groups in total. The molecule has 208 valence electrons. The summed E-state index contributed by atoms with van der Waals surface area (Å²) in [7, 11) is 0. The van der Waals surface area contributed by atoms with Crippen LogP contribution in [0.5, 0.6) is 0 Å². The lowest BCUT2D eigenvalue weighted by Crippen LogP contribution is -2.27. The maximum atomic E-state index is 13.9. The zero-order valence-corrected chi connectivity index (χ0v) is 22.6. The molecule has 7 heteroatoms. The lowest BCUT2D eigenvalue weighted by atomic mass is 9.98. The molecule has 0 radical (unpaired) electrons. The molecule has 2 heterocycles. The normalized spacial score (nSPS) is 12.0. The van der Waals surface area contributed by atoms with Gasteiger partial charge in [-0.3, -0.25) is 4.79 Å². The summed E-state index contributed by atoms with van der Waals surface area (Å²) in [6.45, 7) is 1.84. The van der Waals surface area contributed by atoms with Crippen LogP contribution >= 0.6 is 0 Å². The number of aromatic carboxylic acids is 1. The average Bonchev–Trinajstić information content (AvgIpc) is 3.39. The zero-order chi connectivity index (χ0) is 29.4. The number of nitrogens with one attached hydrogen (secondary N) is 1. The van der Waals surface area contributed by atoms with Gasteiger partial charge in [0.1, 0.15) is 11.6 Å². The molecule has 1 atom stereocenters. The quantitative estimate of drug-likeness (QED) is 0.209. The van der Waals surface area contributed by atoms with Gasteiger partial charge in [0, 0.05) is 12.4 Å². The predicted octanol–water partition coefficient (Wildman–Crippen LogP) is 7.82. The van der Waals surface area contributed by atoms with Crippen molar-refractivity contribution >= 4 is 28.2 Å². The molecule has 6 aromatic rings. The van der Waals surface area contributed by atoms with Gasteiger partial charge in [0.2, 0.25) is 0 Å². The number of carbonyl (C=O) groups excluding carboxylic acids is 1. The van der Waals surface area contributed by atoms with Gasteiger partial charge >= 0.3 is 5.97 Å². The second-order valence-electron chi connectivity index (χ2n) is 10.4. The summed E-state index contributed by atoms with van der Waals surface area (Å²) in [5.41, 5.74) is 5.50. The third-order valence-corrected chi connectivity index (χ3v) is 7.52. The van der Waals surface area contributed by atoms with Crippen molar-refractivity contribution in [1.29, 1.82) is 0 Å². The lowest BCUT2D eigenvalue weighted by Gasteiger charge is -2.17. The van der Waals surface area contributed by atoms with Crippen molar-refractivity contribution in [1.82, 2.24) is 9.72 Å². The van der Waals surface area contributed by atoms with E-state index in [4.69, 9.17) is 0 Å². The maximum absolute atomic E-state index is 13.9. The van der Waals surface area contributed by atoms with E-state index in [9.17, 15) is 23.5 Å². The highest BCUT2D eigenvalue weighted by atomic mass is 19.1. The Balaban J connectivity index is 1.40. The smallest absolute Gasteiger partial charge is 0.335 e. The molecule has 5 nitrogen and oxygen atoms in total. The fraction of sp³-hybridized carbons (Fsp3) is 0.0857. The highest BCUT2D eigenvalue weighted by Crippen LogP contribution is 2.29. The van der Waals surface area contributed by atoms with Gasteiger partial charge in [-0.25, -0.2) is 13.6 Å². The number of nitrogens with zero attached hydrogens (tertiary/aromatic N) is 1. The maximum Gasteiger partial charge on any atom is 0.335 e. The molecule has 0 aliphatic rings. The average molecular weight is 561 g/mol. The van der Waals surface area contributed by atoms with E-state index in [2.05, 4.69) is 5.32 Å². The fourth-order valence-corrected chi connectivity index (χ4v) is 5.31. The number of hydrogen-bond acceptors (Lipinski definition) is 2. The summed E-state index contributed by atoms with van der Waals surface area (Å²) >= 11 is 0. The Morgan fingerprint density at radius 3 is 2.26 bits per heavy atom. The number of halogens is 2. The standard InChI is InChI=1S/C35H26F2N2O3/c1-21(23-4-6-26(7-5-23)35(41)42)38-34(40)32-19-29(25-8-11-30(36)12-9-25)20-39-15-14-27(33(32)39)16-22-2-3-24-10-13-31(37)18-28(24)17-22/h2-15,17-21H,16H2,1H3,(H,38,40)(H,41,42)/t21-/m0/s1. The van der Waals surface area contributed by atoms with Gasteiger partial charge in [-0.15, -0.1) is 0 Å². The number of carboxylic acids is 1. The number of aromatic nitrogens is 1. The van der Waals surface area contributed by atoms with E-state index >= 15 is 0 Å². The number of hydrogen-bond donors (Lipinski definition) is 2. The van der Waals surface area contributed by atoms with Crippen molar-refractivity contribution in [2.45, 2.75) is 19.4 Å². The van der Waals surface area contributed by atoms with Gasteiger partial charge in [-0.2, -0.15) is 0 Å². The van der Waals surface area contributed by atoms with Gasteiger partial charge in [-0.05, 0) is 100 Å². The molecule has 4 aromatic carbocycles. The van der Waals surface area contributed by atoms with E-state index in [0.29, 0.717) is 12.0 Å². The highest BCUT2D eigenvalue weighted by Gasteiger charge is 2.19. The lowest BCUT2D eigenvalue weighted by molar-refractivity contribution is 0.0696. The molecule has 2 aromatic heterocycles. The molecule has 0 unspecified atom stereocenters. The molecule has 0 saturated heterocycles. The number of benzene rings is 4. The first kappa shape index (κ1) is 26.9. The van der Waals surface area contributed by atoms with Crippen LogP contribution in [0.3, 0.4) is 0 Å². The Bertz CT molecular complexity index is 1960. The molecule has 0 aliphatic heterocycles. The largest absolute Gasteiger partial charge is 0.478 e. The van der Waals surface area contributed by atoms with Crippen LogP contribution < -0.4 is 5.32 Å². The summed E-state index contributed by atoms with van der Waals surface area (Å²) in [6.07, 6.45) is 4.32. The molecule has 42 heavy (non-hydrogen) atoms. The molecule has 1 amide bonds. The fourth-order valence-electron chi connectivity index (χ4n) is 5.31. The molecule has 6 rings (SSSR count). The van der Waals surface area contributed by atoms with Crippen molar-refractivity contribution in [3.8, 4) is 11.1 Å². The molecule has 0 fully saturated rings. The summed E-state index contributed by atoms with van der Waals surface area (Å²) in [5.74, 6) is -1.97. The topological polar surface area (TPSA) is 70.8 Å². The van der Waals surface area contributed by atoms with E-state index in [-0.39, 0.29) is 23.1 Å². The number of carboxylic acid groups (broad SMARTS) is 1. The summed E-state index contributed by atoms with van der Waals surface area (Å²) in [6, 6.07) is 26.5. The Morgan fingerprint density at radius 2 is 1.52 bits per heavy atom. The molecular weight excluding hydrogens is 534 g/mol. The van der Waals surface area contributed by atoms with Gasteiger partial charge in [0.25, 0.3) is 5.91 Å². The number of pyridine rings is 1. The Hall–Kier alpha value is -5.30. The van der Waals surface area contributed by atoms with Crippen molar-refractivity contribution in [2.75, 3.05) is 0 Å². The minimum Gasteiger partial charge on any atom is -0.478 e. The van der Waals surface area contributed by atoms with Crippen LogP contribution in [0.1, 0.15) is 50.4 Å². The van der Waals surface area contributed by atoms with Gasteiger partial charge in [0.15, 0.2) is 0 Å². The molecule has 0 aliphatic carbocycles. The second kappa shape index (κ2) is 10.9. The van der Waals surface area contributed by atoms with Crippen LogP contribution in [0.2, 0.25) is 0 Å². The highest BCUT2D eigenvalue weighted by molar-refractivity contribution is 6.03. The third-order valence-electron chi connectivity index (χ3n) is 7.52. The minimum atomic E-state index is -1.02. The number of amides is 1. The van der Waals surface area contributed by atoms with E-state index in [1.165, 1.54) is 36.4 Å². The predicted molar refractivity (Wildman–Crippen MR) is 159 cm³/mol. The van der Waals surface area contributed by atoms with Crippen LogP contribution in [0, 0.1) is 11.6 Å². The number of fused-ring (bicyclic) bond motifs is 2. The van der Waals surface area contributed by atoms with E-state index in [1.807, 2.05) is 48.0 Å². The zero-order valence-electron chi connectivity index (χ0n) is 22.6. The number of carbonyl (C=O) groups is 2. The summed E-state index contributed by atoms with van der Waals surface area (Å²) in [5, 5.41) is 14.0. The molecule has 0 bridgehead atoms. The van der Waals surface area contributed by atoms with Gasteiger partial charge < -0.3 is 14.8 Å². The van der Waals surface area contributed by atoms with E-state index in [1.54, 1.807) is 36.4 Å². The summed E-state index contributed by atoms with van der Waals surface area (Å²) in [4.78, 5) is 25.1. The molecular formula is C35H26F2N2O3. The van der Waals surface area contributed by atoms with Crippen molar-refractivity contribution in [3.63, 3.8) is 0 Å². The van der Waals surface area contributed by atoms with Crippen LogP contribution in [0.4, 0.5) is 8.78 Å². The van der Waals surface area contributed by atoms with Crippen LogP contribution in [-0.2, 0) is 6.42 Å². The first-order valence-electron chi connectivity index (χ1n) is 13.5. The monoisotopic (exact) mass is 560 g/mol. The Kier molecular flexibility index (Phi) is 7.00. The Labute approximate surface area is 240 Å². The number of rotatable bonds is 7. The first-order valence-corrected chi connectivity index (χ1v) is 13.5. The van der Waals surface area contributed by atoms with E-state index < -0.39 is 12.0 Å². The van der Waals surface area contributed by atoms with Crippen LogP contribution in [0.15, 0.2) is 109 Å². The van der Waals surface area contributed by atoms with Crippen LogP contribution in [-0.4, -0.2) is 21.4 Å². The van der Waals surface area contributed by atoms with Gasteiger partial charge in [0.05, 0.1) is 22.7 Å². The first-order chi connectivity index (χ1) is 20.2. The van der Waals surface area contributed by atoms with Crippen molar-refractivity contribution in [3.05, 3.63) is 149 Å². The SMILES string of the molecule is C[C@H](NC(=O)c1cc(-c2ccc(F)cc2)cn2ccc(Cc3ccc4ccc(F)cc4c3)c12)c1ccc(C(=O)O)cc1. The Morgan fingerprint density at radius 1 is 0.810 bits per heavy atom. The van der Waals surface area contributed by atoms with Crippen molar-refractivity contribution in [2.24, 2.45) is 0 Å². The summed E-state index contributed by atoms with van der Waals surface area (Å²) < 4.78 is 29.4. The van der Waals surface area contributed by atoms with E-state index in [0.717, 1.165) is 44.1 Å². The van der Waals surface area contributed by atoms with Crippen LogP contribution in [0.25, 0.3) is 27.4 Å². The van der Waals surface area contributed by atoms with Crippen molar-refractivity contribution < 1.29 is 23.5 Å². The second-order valence-corrected chi connectivity index (χ2v) is 10.4. The minimum absolute atomic E-state index is 0.167. The van der Waals surface area contributed by atoms with Gasteiger partial charge in [-0.1, -0.05) is 48.5 Å². The third kappa shape index (κ3) is 5.37. The molecule has 0 spiro atoms. The molecule has 0 saturated carbocycles.